The van der Waals surface area contributed by atoms with Crippen LogP contribution in [0.15, 0.2) is 24.3 Å². The molecule has 2 nitrogen and oxygen atoms in total. The Morgan fingerprint density at radius 3 is 2.37 bits per heavy atom. The molecule has 1 aromatic carbocycles. The van der Waals surface area contributed by atoms with Crippen LogP contribution in [0.3, 0.4) is 0 Å². The molecule has 0 spiro atoms. The first-order valence-electron chi connectivity index (χ1n) is 7.63. The van der Waals surface area contributed by atoms with E-state index >= 15 is 0 Å². The normalized spacial score (nSPS) is 18.1. The van der Waals surface area contributed by atoms with Crippen LogP contribution in [-0.2, 0) is 6.54 Å². The van der Waals surface area contributed by atoms with E-state index < -0.39 is 0 Å². The van der Waals surface area contributed by atoms with Gasteiger partial charge in [0.2, 0.25) is 0 Å². The van der Waals surface area contributed by atoms with Gasteiger partial charge in [0.15, 0.2) is 0 Å². The van der Waals surface area contributed by atoms with Crippen molar-refractivity contribution >= 4 is 0 Å². The molecule has 0 unspecified atom stereocenters. The smallest absolute Gasteiger partial charge is 0.0205 e. The first-order chi connectivity index (χ1) is 9.15. The molecule has 1 aliphatic heterocycles. The van der Waals surface area contributed by atoms with Gasteiger partial charge in [-0.15, -0.1) is 0 Å². The third kappa shape index (κ3) is 4.63. The van der Waals surface area contributed by atoms with Crippen LogP contribution in [0.5, 0.6) is 0 Å². The molecule has 1 heterocycles. The van der Waals surface area contributed by atoms with E-state index in [2.05, 4.69) is 55.4 Å². The second kappa shape index (κ2) is 7.06. The lowest BCUT2D eigenvalue weighted by Gasteiger charge is -2.29. The molecule has 1 N–H and O–H groups in total. The van der Waals surface area contributed by atoms with Crippen LogP contribution >= 0.6 is 0 Å². The largest absolute Gasteiger partial charge is 0.312 e. The van der Waals surface area contributed by atoms with Crippen molar-refractivity contribution in [2.45, 2.75) is 39.2 Å². The molecule has 1 aliphatic rings. The van der Waals surface area contributed by atoms with Crippen LogP contribution < -0.4 is 5.32 Å². The Kier molecular flexibility index (Phi) is 5.41. The van der Waals surface area contributed by atoms with Crippen LogP contribution in [0.2, 0.25) is 0 Å². The van der Waals surface area contributed by atoms with Gasteiger partial charge in [-0.25, -0.2) is 0 Å². The van der Waals surface area contributed by atoms with Gasteiger partial charge >= 0.3 is 0 Å². The Hall–Kier alpha value is -0.860. The molecule has 106 valence electrons. The predicted octanol–water partition coefficient (Wildman–Crippen LogP) is 3.24. The molecule has 0 saturated carbocycles. The first kappa shape index (κ1) is 14.5. The molecular weight excluding hydrogens is 232 g/mol. The monoisotopic (exact) mass is 260 g/mol. The molecule has 0 atom stereocenters. The highest BCUT2D eigenvalue weighted by molar-refractivity contribution is 5.24. The van der Waals surface area contributed by atoms with Crippen molar-refractivity contribution in [3.63, 3.8) is 0 Å². The molecule has 2 heteroatoms. The van der Waals surface area contributed by atoms with Crippen molar-refractivity contribution in [1.82, 2.24) is 10.2 Å². The zero-order valence-corrected chi connectivity index (χ0v) is 12.7. The van der Waals surface area contributed by atoms with E-state index in [-0.39, 0.29) is 0 Å². The fourth-order valence-corrected chi connectivity index (χ4v) is 2.71. The Labute approximate surface area is 118 Å². The van der Waals surface area contributed by atoms with Crippen LogP contribution in [0.25, 0.3) is 0 Å². The van der Waals surface area contributed by atoms with E-state index in [9.17, 15) is 0 Å². The molecule has 0 aromatic heterocycles. The number of hydrogen-bond donors (Lipinski definition) is 1. The third-order valence-corrected chi connectivity index (χ3v) is 4.25. The zero-order valence-electron chi connectivity index (χ0n) is 12.7. The van der Waals surface area contributed by atoms with Crippen LogP contribution in [-0.4, -0.2) is 31.6 Å². The molecule has 1 fully saturated rings. The summed E-state index contributed by atoms with van der Waals surface area (Å²) in [5.41, 5.74) is 2.83. The Balaban J connectivity index is 1.70. The fourth-order valence-electron chi connectivity index (χ4n) is 2.71. The van der Waals surface area contributed by atoms with Crippen molar-refractivity contribution in [1.29, 1.82) is 0 Å². The number of piperidine rings is 1. The van der Waals surface area contributed by atoms with E-state index in [1.807, 2.05) is 0 Å². The number of benzene rings is 1. The van der Waals surface area contributed by atoms with E-state index in [0.29, 0.717) is 5.92 Å². The first-order valence-corrected chi connectivity index (χ1v) is 7.63. The summed E-state index contributed by atoms with van der Waals surface area (Å²) in [5, 5.41) is 3.62. The van der Waals surface area contributed by atoms with Gasteiger partial charge in [-0.05, 0) is 62.5 Å². The summed E-state index contributed by atoms with van der Waals surface area (Å²) in [6.45, 7) is 9.18. The number of hydrogen-bond acceptors (Lipinski definition) is 2. The summed E-state index contributed by atoms with van der Waals surface area (Å²) in [5.74, 6) is 1.49. The summed E-state index contributed by atoms with van der Waals surface area (Å²) in [7, 11) is 2.22. The summed E-state index contributed by atoms with van der Waals surface area (Å²) in [4.78, 5) is 2.43. The summed E-state index contributed by atoms with van der Waals surface area (Å²) < 4.78 is 0. The van der Waals surface area contributed by atoms with Gasteiger partial charge in [0, 0.05) is 6.54 Å². The molecular formula is C17H28N2. The lowest BCUT2D eigenvalue weighted by molar-refractivity contribution is 0.216. The van der Waals surface area contributed by atoms with Crippen LogP contribution in [0.1, 0.15) is 43.7 Å². The second-order valence-corrected chi connectivity index (χ2v) is 6.27. The minimum Gasteiger partial charge on any atom is -0.312 e. The minimum absolute atomic E-state index is 0.626. The molecule has 19 heavy (non-hydrogen) atoms. The average molecular weight is 260 g/mol. The molecule has 2 rings (SSSR count). The number of rotatable bonds is 5. The topological polar surface area (TPSA) is 15.3 Å². The maximum absolute atomic E-state index is 3.62. The van der Waals surface area contributed by atoms with E-state index in [4.69, 9.17) is 0 Å². The summed E-state index contributed by atoms with van der Waals surface area (Å²) >= 11 is 0. The average Bonchev–Trinajstić information content (AvgIpc) is 2.41. The maximum Gasteiger partial charge on any atom is 0.0205 e. The molecule has 0 bridgehead atoms. The highest BCUT2D eigenvalue weighted by Crippen LogP contribution is 2.16. The van der Waals surface area contributed by atoms with Gasteiger partial charge in [0.25, 0.3) is 0 Å². The van der Waals surface area contributed by atoms with Crippen molar-refractivity contribution in [2.24, 2.45) is 5.92 Å². The van der Waals surface area contributed by atoms with Crippen molar-refractivity contribution < 1.29 is 0 Å². The van der Waals surface area contributed by atoms with Crippen molar-refractivity contribution in [2.75, 3.05) is 26.7 Å². The Morgan fingerprint density at radius 1 is 1.16 bits per heavy atom. The highest BCUT2D eigenvalue weighted by Gasteiger charge is 2.15. The van der Waals surface area contributed by atoms with Crippen LogP contribution in [0, 0.1) is 5.92 Å². The SMILES string of the molecule is CC(C)c1ccc(CNCC2CCN(C)CC2)cc1. The van der Waals surface area contributed by atoms with Crippen LogP contribution in [0.4, 0.5) is 0 Å². The fraction of sp³-hybridized carbons (Fsp3) is 0.647. The zero-order chi connectivity index (χ0) is 13.7. The Morgan fingerprint density at radius 2 is 1.79 bits per heavy atom. The number of nitrogens with zero attached hydrogens (tertiary/aromatic N) is 1. The van der Waals surface area contributed by atoms with Gasteiger partial charge in [-0.1, -0.05) is 38.1 Å². The molecule has 0 radical (unpaired) electrons. The number of likely N-dealkylation sites (tertiary alicyclic amines) is 1. The van der Waals surface area contributed by atoms with Crippen molar-refractivity contribution in [3.05, 3.63) is 35.4 Å². The Bertz CT molecular complexity index is 361. The van der Waals surface area contributed by atoms with Gasteiger partial charge < -0.3 is 10.2 Å². The van der Waals surface area contributed by atoms with Gasteiger partial charge in [0.05, 0.1) is 0 Å². The van der Waals surface area contributed by atoms with E-state index in [1.54, 1.807) is 0 Å². The summed E-state index contributed by atoms with van der Waals surface area (Å²) in [6, 6.07) is 9.04. The number of nitrogens with one attached hydrogen (secondary N) is 1. The second-order valence-electron chi connectivity index (χ2n) is 6.27. The molecule has 1 saturated heterocycles. The molecule has 1 aromatic rings. The standard InChI is InChI=1S/C17H28N2/c1-14(2)17-6-4-15(5-7-17)12-18-13-16-8-10-19(3)11-9-16/h4-7,14,16,18H,8-13H2,1-3H3. The minimum atomic E-state index is 0.626. The van der Waals surface area contributed by atoms with Crippen molar-refractivity contribution in [3.8, 4) is 0 Å². The lowest BCUT2D eigenvalue weighted by Crippen LogP contribution is -2.34. The quantitative estimate of drug-likeness (QED) is 0.874. The predicted molar refractivity (Wildman–Crippen MR) is 82.5 cm³/mol. The summed E-state index contributed by atoms with van der Waals surface area (Å²) in [6.07, 6.45) is 2.69. The maximum atomic E-state index is 3.62. The molecule has 0 amide bonds. The van der Waals surface area contributed by atoms with E-state index in [1.165, 1.54) is 43.6 Å². The highest BCUT2D eigenvalue weighted by atomic mass is 15.1. The van der Waals surface area contributed by atoms with Gasteiger partial charge in [-0.3, -0.25) is 0 Å². The third-order valence-electron chi connectivity index (χ3n) is 4.25. The van der Waals surface area contributed by atoms with E-state index in [0.717, 1.165) is 12.5 Å². The van der Waals surface area contributed by atoms with Gasteiger partial charge in [0.1, 0.15) is 0 Å². The molecule has 0 aliphatic carbocycles. The van der Waals surface area contributed by atoms with Gasteiger partial charge in [-0.2, -0.15) is 0 Å². The lowest BCUT2D eigenvalue weighted by atomic mass is 9.97.